The van der Waals surface area contributed by atoms with Gasteiger partial charge in [0.2, 0.25) is 5.91 Å². The second-order valence-electron chi connectivity index (χ2n) is 2.68. The molecule has 1 atom stereocenters. The lowest BCUT2D eigenvalue weighted by Gasteiger charge is -2.13. The maximum absolute atomic E-state index is 10.8. The molecular weight excluding hydrogens is 190 g/mol. The highest BCUT2D eigenvalue weighted by atomic mass is 16.6. The highest BCUT2D eigenvalue weighted by molar-refractivity contribution is 5.77. The van der Waals surface area contributed by atoms with Crippen LogP contribution < -0.4 is 5.73 Å². The maximum Gasteiger partial charge on any atom is 0.309 e. The molecule has 0 aromatic carbocycles. The molecule has 0 aromatic rings. The molecule has 0 spiro atoms. The number of nitrogens with two attached hydrogens (primary N) is 1. The van der Waals surface area contributed by atoms with E-state index in [9.17, 15) is 14.4 Å². The third-order valence-corrected chi connectivity index (χ3v) is 1.38. The fourth-order valence-corrected chi connectivity index (χ4v) is 0.884. The standard InChI is InChI=1S/C8H13NO5/c1-5(10)14-6(3-7(9)11)4-8(12)13-2/h6H,3-4H2,1-2H3,(H2,9,11)/t6-/m0/s1. The summed E-state index contributed by atoms with van der Waals surface area (Å²) >= 11 is 0. The van der Waals surface area contributed by atoms with Crippen LogP contribution in [0.4, 0.5) is 0 Å². The van der Waals surface area contributed by atoms with E-state index in [0.29, 0.717) is 0 Å². The fraction of sp³-hybridized carbons (Fsp3) is 0.625. The highest BCUT2D eigenvalue weighted by Gasteiger charge is 2.19. The number of hydrogen-bond acceptors (Lipinski definition) is 5. The lowest BCUT2D eigenvalue weighted by atomic mass is 10.2. The number of carbonyl (C=O) groups excluding carboxylic acids is 3. The van der Waals surface area contributed by atoms with E-state index >= 15 is 0 Å². The van der Waals surface area contributed by atoms with Crippen LogP contribution in [0.1, 0.15) is 19.8 Å². The Bertz CT molecular complexity index is 222. The average molecular weight is 203 g/mol. The maximum atomic E-state index is 10.8. The fourth-order valence-electron chi connectivity index (χ4n) is 0.884. The number of carbonyl (C=O) groups is 3. The number of esters is 2. The summed E-state index contributed by atoms with van der Waals surface area (Å²) in [6, 6.07) is 0. The SMILES string of the molecule is COC(=O)C[C@H](CC(N)=O)OC(C)=O. The van der Waals surface area contributed by atoms with Gasteiger partial charge >= 0.3 is 11.9 Å². The van der Waals surface area contributed by atoms with Crippen LogP contribution in [-0.4, -0.2) is 31.1 Å². The molecule has 0 aliphatic carbocycles. The molecule has 1 amide bonds. The molecule has 0 heterocycles. The molecule has 0 saturated carbocycles. The molecule has 0 rings (SSSR count). The smallest absolute Gasteiger partial charge is 0.309 e. The van der Waals surface area contributed by atoms with Crippen LogP contribution in [0.5, 0.6) is 0 Å². The van der Waals surface area contributed by atoms with Crippen LogP contribution in [0.2, 0.25) is 0 Å². The summed E-state index contributed by atoms with van der Waals surface area (Å²) in [5.41, 5.74) is 4.90. The van der Waals surface area contributed by atoms with Gasteiger partial charge in [0.05, 0.1) is 20.0 Å². The van der Waals surface area contributed by atoms with Crippen molar-refractivity contribution >= 4 is 17.8 Å². The van der Waals surface area contributed by atoms with Crippen LogP contribution in [0, 0.1) is 0 Å². The van der Waals surface area contributed by atoms with Crippen molar-refractivity contribution in [1.29, 1.82) is 0 Å². The predicted octanol–water partition coefficient (Wildman–Crippen LogP) is -0.643. The highest BCUT2D eigenvalue weighted by Crippen LogP contribution is 2.05. The average Bonchev–Trinajstić information content (AvgIpc) is 2.01. The third kappa shape index (κ3) is 5.99. The van der Waals surface area contributed by atoms with E-state index in [0.717, 1.165) is 0 Å². The van der Waals surface area contributed by atoms with Gasteiger partial charge in [-0.3, -0.25) is 14.4 Å². The molecule has 0 aromatic heterocycles. The molecule has 0 aliphatic rings. The summed E-state index contributed by atoms with van der Waals surface area (Å²) in [5.74, 6) is -1.77. The van der Waals surface area contributed by atoms with Gasteiger partial charge in [-0.25, -0.2) is 0 Å². The number of amides is 1. The Morgan fingerprint density at radius 1 is 1.29 bits per heavy atom. The topological polar surface area (TPSA) is 95.7 Å². The minimum Gasteiger partial charge on any atom is -0.469 e. The molecule has 0 fully saturated rings. The van der Waals surface area contributed by atoms with E-state index in [4.69, 9.17) is 10.5 Å². The normalized spacial score (nSPS) is 11.6. The van der Waals surface area contributed by atoms with Gasteiger partial charge in [-0.05, 0) is 0 Å². The number of ether oxygens (including phenoxy) is 2. The zero-order valence-electron chi connectivity index (χ0n) is 8.11. The minimum atomic E-state index is -0.836. The van der Waals surface area contributed by atoms with Crippen molar-refractivity contribution in [2.24, 2.45) is 5.73 Å². The molecule has 0 bridgehead atoms. The van der Waals surface area contributed by atoms with Crippen molar-refractivity contribution in [3.05, 3.63) is 0 Å². The van der Waals surface area contributed by atoms with E-state index in [1.807, 2.05) is 0 Å². The van der Waals surface area contributed by atoms with Crippen molar-refractivity contribution in [2.45, 2.75) is 25.9 Å². The Hall–Kier alpha value is -1.59. The van der Waals surface area contributed by atoms with E-state index < -0.39 is 23.9 Å². The first-order valence-corrected chi connectivity index (χ1v) is 3.98. The van der Waals surface area contributed by atoms with Crippen molar-refractivity contribution in [3.63, 3.8) is 0 Å². The van der Waals surface area contributed by atoms with E-state index in [1.165, 1.54) is 14.0 Å². The quantitative estimate of drug-likeness (QED) is 0.599. The Morgan fingerprint density at radius 3 is 2.21 bits per heavy atom. The molecule has 0 radical (unpaired) electrons. The molecule has 6 nitrogen and oxygen atoms in total. The van der Waals surface area contributed by atoms with Gasteiger partial charge in [-0.2, -0.15) is 0 Å². The lowest BCUT2D eigenvalue weighted by Crippen LogP contribution is -2.27. The summed E-state index contributed by atoms with van der Waals surface area (Å²) in [6.07, 6.45) is -1.19. The van der Waals surface area contributed by atoms with Gasteiger partial charge in [0.1, 0.15) is 6.10 Å². The number of hydrogen-bond donors (Lipinski definition) is 1. The van der Waals surface area contributed by atoms with Crippen molar-refractivity contribution < 1.29 is 23.9 Å². The summed E-state index contributed by atoms with van der Waals surface area (Å²) < 4.78 is 9.05. The molecule has 80 valence electrons. The van der Waals surface area contributed by atoms with Gasteiger partial charge in [-0.15, -0.1) is 0 Å². The van der Waals surface area contributed by atoms with Crippen LogP contribution in [0.25, 0.3) is 0 Å². The van der Waals surface area contributed by atoms with Gasteiger partial charge in [0.15, 0.2) is 0 Å². The summed E-state index contributed by atoms with van der Waals surface area (Å²) in [6.45, 7) is 1.19. The number of methoxy groups -OCH3 is 1. The molecule has 0 aliphatic heterocycles. The number of primary amides is 1. The molecule has 2 N–H and O–H groups in total. The van der Waals surface area contributed by atoms with Crippen molar-refractivity contribution in [2.75, 3.05) is 7.11 Å². The Kier molecular flexibility index (Phi) is 5.28. The second-order valence-corrected chi connectivity index (χ2v) is 2.68. The molecular formula is C8H13NO5. The first-order valence-electron chi connectivity index (χ1n) is 3.98. The first kappa shape index (κ1) is 12.4. The molecule has 14 heavy (non-hydrogen) atoms. The van der Waals surface area contributed by atoms with Gasteiger partial charge in [0.25, 0.3) is 0 Å². The predicted molar refractivity (Wildman–Crippen MR) is 46.0 cm³/mol. The zero-order valence-corrected chi connectivity index (χ0v) is 8.11. The summed E-state index contributed by atoms with van der Waals surface area (Å²) in [4.78, 5) is 31.9. The van der Waals surface area contributed by atoms with Crippen LogP contribution in [0.3, 0.4) is 0 Å². The Labute approximate surface area is 81.3 Å². The summed E-state index contributed by atoms with van der Waals surface area (Å²) in [7, 11) is 1.21. The van der Waals surface area contributed by atoms with E-state index in [-0.39, 0.29) is 12.8 Å². The van der Waals surface area contributed by atoms with Crippen molar-refractivity contribution in [3.8, 4) is 0 Å². The van der Waals surface area contributed by atoms with Crippen molar-refractivity contribution in [1.82, 2.24) is 0 Å². The largest absolute Gasteiger partial charge is 0.469 e. The Balaban J connectivity index is 4.16. The Morgan fingerprint density at radius 2 is 1.86 bits per heavy atom. The van der Waals surface area contributed by atoms with E-state index in [1.54, 1.807) is 0 Å². The van der Waals surface area contributed by atoms with Crippen LogP contribution >= 0.6 is 0 Å². The molecule has 0 saturated heterocycles. The van der Waals surface area contributed by atoms with Crippen LogP contribution in [0.15, 0.2) is 0 Å². The third-order valence-electron chi connectivity index (χ3n) is 1.38. The molecule has 0 unspecified atom stereocenters. The number of rotatable bonds is 5. The van der Waals surface area contributed by atoms with Gasteiger partial charge in [-0.1, -0.05) is 0 Å². The van der Waals surface area contributed by atoms with Gasteiger partial charge in [0, 0.05) is 6.92 Å². The first-order chi connectivity index (χ1) is 6.45. The minimum absolute atomic E-state index is 0.168. The van der Waals surface area contributed by atoms with Crippen LogP contribution in [-0.2, 0) is 23.9 Å². The van der Waals surface area contributed by atoms with E-state index in [2.05, 4.69) is 4.74 Å². The lowest BCUT2D eigenvalue weighted by molar-refractivity contribution is -0.152. The summed E-state index contributed by atoms with van der Waals surface area (Å²) in [5, 5.41) is 0. The monoisotopic (exact) mass is 203 g/mol. The van der Waals surface area contributed by atoms with Gasteiger partial charge < -0.3 is 15.2 Å². The molecule has 6 heteroatoms. The zero-order chi connectivity index (χ0) is 11.1. The second kappa shape index (κ2) is 5.95.